The minimum absolute atomic E-state index is 0.729. The number of rotatable bonds is 1. The highest BCUT2D eigenvalue weighted by molar-refractivity contribution is 6.33. The number of aryl methyl sites for hydroxylation is 3. The van der Waals surface area contributed by atoms with Gasteiger partial charge in [-0.15, -0.1) is 0 Å². The Labute approximate surface area is 117 Å². The van der Waals surface area contributed by atoms with Crippen LogP contribution in [-0.2, 0) is 0 Å². The number of fused-ring (bicyclic) bond motifs is 1. The van der Waals surface area contributed by atoms with E-state index in [0.717, 1.165) is 33.0 Å². The molecule has 0 radical (unpaired) electrons. The summed E-state index contributed by atoms with van der Waals surface area (Å²) in [6.45, 7) is 6.23. The average molecular weight is 271 g/mol. The van der Waals surface area contributed by atoms with Gasteiger partial charge in [0.25, 0.3) is 0 Å². The molecular formula is C16H15ClN2. The SMILES string of the molecule is Cc1ccc(-c2nc3cc(C)c(C)cc3[nH]2)c(Cl)c1. The molecule has 0 saturated heterocycles. The fourth-order valence-corrected chi connectivity index (χ4v) is 2.53. The van der Waals surface area contributed by atoms with Crippen LogP contribution in [0.2, 0.25) is 5.02 Å². The number of nitrogens with zero attached hydrogens (tertiary/aromatic N) is 1. The fourth-order valence-electron chi connectivity index (χ4n) is 2.21. The van der Waals surface area contributed by atoms with Gasteiger partial charge in [0, 0.05) is 5.56 Å². The monoisotopic (exact) mass is 270 g/mol. The van der Waals surface area contributed by atoms with Crippen LogP contribution in [0.1, 0.15) is 16.7 Å². The fraction of sp³-hybridized carbons (Fsp3) is 0.188. The summed E-state index contributed by atoms with van der Waals surface area (Å²) in [5.41, 5.74) is 6.64. The first-order valence-electron chi connectivity index (χ1n) is 6.28. The molecule has 0 aliphatic rings. The van der Waals surface area contributed by atoms with Crippen molar-refractivity contribution in [3.8, 4) is 11.4 Å². The van der Waals surface area contributed by atoms with Crippen LogP contribution in [0.3, 0.4) is 0 Å². The largest absolute Gasteiger partial charge is 0.338 e. The molecule has 3 aromatic rings. The zero-order valence-electron chi connectivity index (χ0n) is 11.2. The number of benzene rings is 2. The van der Waals surface area contributed by atoms with E-state index in [-0.39, 0.29) is 0 Å². The molecule has 1 heterocycles. The summed E-state index contributed by atoms with van der Waals surface area (Å²) >= 11 is 6.29. The molecule has 3 rings (SSSR count). The molecule has 2 aromatic carbocycles. The van der Waals surface area contributed by atoms with E-state index in [1.54, 1.807) is 0 Å². The number of hydrogen-bond donors (Lipinski definition) is 1. The Hall–Kier alpha value is -1.80. The van der Waals surface area contributed by atoms with Crippen LogP contribution in [0.25, 0.3) is 22.4 Å². The van der Waals surface area contributed by atoms with Crippen molar-refractivity contribution >= 4 is 22.6 Å². The lowest BCUT2D eigenvalue weighted by molar-refractivity contribution is 1.33. The number of aromatic amines is 1. The topological polar surface area (TPSA) is 28.7 Å². The Morgan fingerprint density at radius 1 is 1.00 bits per heavy atom. The molecule has 96 valence electrons. The first-order valence-corrected chi connectivity index (χ1v) is 6.66. The summed E-state index contributed by atoms with van der Waals surface area (Å²) in [5.74, 6) is 0.824. The van der Waals surface area contributed by atoms with Gasteiger partial charge in [-0.2, -0.15) is 0 Å². The maximum atomic E-state index is 6.29. The van der Waals surface area contributed by atoms with Crippen LogP contribution in [0.5, 0.6) is 0 Å². The second-order valence-corrected chi connectivity index (χ2v) is 5.43. The van der Waals surface area contributed by atoms with Gasteiger partial charge in [0.1, 0.15) is 5.82 Å². The van der Waals surface area contributed by atoms with Gasteiger partial charge in [0.05, 0.1) is 16.1 Å². The first-order chi connectivity index (χ1) is 9.04. The number of hydrogen-bond acceptors (Lipinski definition) is 1. The van der Waals surface area contributed by atoms with Gasteiger partial charge in [0.15, 0.2) is 0 Å². The predicted octanol–water partition coefficient (Wildman–Crippen LogP) is 4.81. The Bertz CT molecular complexity index is 733. The molecule has 0 fully saturated rings. The maximum absolute atomic E-state index is 6.29. The molecule has 0 aliphatic heterocycles. The Morgan fingerprint density at radius 2 is 1.74 bits per heavy atom. The zero-order valence-corrected chi connectivity index (χ0v) is 12.0. The number of H-pyrrole nitrogens is 1. The van der Waals surface area contributed by atoms with Crippen molar-refractivity contribution in [3.63, 3.8) is 0 Å². The van der Waals surface area contributed by atoms with Crippen molar-refractivity contribution in [1.82, 2.24) is 9.97 Å². The molecule has 3 heteroatoms. The lowest BCUT2D eigenvalue weighted by Crippen LogP contribution is -1.83. The van der Waals surface area contributed by atoms with Crippen molar-refractivity contribution in [3.05, 3.63) is 52.0 Å². The third-order valence-corrected chi connectivity index (χ3v) is 3.79. The van der Waals surface area contributed by atoms with E-state index in [9.17, 15) is 0 Å². The highest BCUT2D eigenvalue weighted by Crippen LogP contribution is 2.29. The lowest BCUT2D eigenvalue weighted by Gasteiger charge is -2.01. The van der Waals surface area contributed by atoms with Crippen molar-refractivity contribution in [2.24, 2.45) is 0 Å². The molecule has 1 N–H and O–H groups in total. The van der Waals surface area contributed by atoms with E-state index in [0.29, 0.717) is 0 Å². The van der Waals surface area contributed by atoms with Gasteiger partial charge in [0.2, 0.25) is 0 Å². The minimum Gasteiger partial charge on any atom is -0.338 e. The third-order valence-electron chi connectivity index (χ3n) is 3.48. The number of nitrogens with one attached hydrogen (secondary N) is 1. The molecule has 1 aromatic heterocycles. The van der Waals surface area contributed by atoms with E-state index in [1.807, 2.05) is 25.1 Å². The van der Waals surface area contributed by atoms with Crippen molar-refractivity contribution < 1.29 is 0 Å². The summed E-state index contributed by atoms with van der Waals surface area (Å²) in [6.07, 6.45) is 0. The molecule has 0 atom stereocenters. The lowest BCUT2D eigenvalue weighted by atomic mass is 10.1. The van der Waals surface area contributed by atoms with Crippen LogP contribution in [-0.4, -0.2) is 9.97 Å². The summed E-state index contributed by atoms with van der Waals surface area (Å²) < 4.78 is 0. The third kappa shape index (κ3) is 2.13. The molecule has 19 heavy (non-hydrogen) atoms. The second-order valence-electron chi connectivity index (χ2n) is 5.02. The van der Waals surface area contributed by atoms with Gasteiger partial charge in [-0.05, 0) is 61.7 Å². The standard InChI is InChI=1S/C16H15ClN2/c1-9-4-5-12(13(17)6-9)16-18-14-7-10(2)11(3)8-15(14)19-16/h4-8H,1-3H3,(H,18,19). The summed E-state index contributed by atoms with van der Waals surface area (Å²) in [7, 11) is 0. The first kappa shape index (κ1) is 12.2. The van der Waals surface area contributed by atoms with Crippen LogP contribution >= 0.6 is 11.6 Å². The van der Waals surface area contributed by atoms with Crippen LogP contribution in [0, 0.1) is 20.8 Å². The quantitative estimate of drug-likeness (QED) is 0.675. The Balaban J connectivity index is 2.20. The second kappa shape index (κ2) is 4.39. The highest BCUT2D eigenvalue weighted by atomic mass is 35.5. The van der Waals surface area contributed by atoms with E-state index in [4.69, 9.17) is 11.6 Å². The normalized spacial score (nSPS) is 11.2. The number of aromatic nitrogens is 2. The zero-order chi connectivity index (χ0) is 13.6. The van der Waals surface area contributed by atoms with E-state index >= 15 is 0 Å². The molecule has 0 aliphatic carbocycles. The molecule has 0 bridgehead atoms. The Morgan fingerprint density at radius 3 is 2.47 bits per heavy atom. The van der Waals surface area contributed by atoms with E-state index in [2.05, 4.69) is 35.9 Å². The van der Waals surface area contributed by atoms with Crippen molar-refractivity contribution in [2.45, 2.75) is 20.8 Å². The predicted molar refractivity (Wildman–Crippen MR) is 80.8 cm³/mol. The van der Waals surface area contributed by atoms with Crippen LogP contribution in [0.15, 0.2) is 30.3 Å². The molecule has 0 amide bonds. The van der Waals surface area contributed by atoms with Gasteiger partial charge in [-0.3, -0.25) is 0 Å². The van der Waals surface area contributed by atoms with E-state index in [1.165, 1.54) is 11.1 Å². The van der Waals surface area contributed by atoms with Gasteiger partial charge < -0.3 is 4.98 Å². The average Bonchev–Trinajstić information content (AvgIpc) is 2.72. The number of imidazole rings is 1. The smallest absolute Gasteiger partial charge is 0.139 e. The van der Waals surface area contributed by atoms with Crippen molar-refractivity contribution in [1.29, 1.82) is 0 Å². The minimum atomic E-state index is 0.729. The van der Waals surface area contributed by atoms with Gasteiger partial charge >= 0.3 is 0 Å². The van der Waals surface area contributed by atoms with Gasteiger partial charge in [-0.1, -0.05) is 17.7 Å². The number of halogens is 1. The molecule has 0 unspecified atom stereocenters. The Kier molecular flexibility index (Phi) is 2.83. The van der Waals surface area contributed by atoms with Gasteiger partial charge in [-0.25, -0.2) is 4.98 Å². The summed E-state index contributed by atoms with van der Waals surface area (Å²) in [4.78, 5) is 7.98. The summed E-state index contributed by atoms with van der Waals surface area (Å²) in [6, 6.07) is 10.2. The van der Waals surface area contributed by atoms with Crippen LogP contribution in [0.4, 0.5) is 0 Å². The van der Waals surface area contributed by atoms with Crippen molar-refractivity contribution in [2.75, 3.05) is 0 Å². The maximum Gasteiger partial charge on any atom is 0.139 e. The molecule has 0 saturated carbocycles. The molecule has 0 spiro atoms. The summed E-state index contributed by atoms with van der Waals surface area (Å²) in [5, 5.41) is 0.729. The highest BCUT2D eigenvalue weighted by Gasteiger charge is 2.09. The van der Waals surface area contributed by atoms with E-state index < -0.39 is 0 Å². The molecular weight excluding hydrogens is 256 g/mol. The molecule has 2 nitrogen and oxygen atoms in total. The van der Waals surface area contributed by atoms with Crippen LogP contribution < -0.4 is 0 Å².